The van der Waals surface area contributed by atoms with E-state index in [0.717, 1.165) is 12.1 Å². The fourth-order valence-corrected chi connectivity index (χ4v) is 1.31. The number of hydrogen-bond acceptors (Lipinski definition) is 3. The summed E-state index contributed by atoms with van der Waals surface area (Å²) in [5, 5.41) is 2.82. The molecule has 0 aliphatic heterocycles. The summed E-state index contributed by atoms with van der Waals surface area (Å²) in [5.74, 6) is -2.15. The minimum Gasteiger partial charge on any atom is -0.460 e. The van der Waals surface area contributed by atoms with E-state index in [1.807, 2.05) is 0 Å². The van der Waals surface area contributed by atoms with Crippen LogP contribution in [0.5, 0.6) is 0 Å². The van der Waals surface area contributed by atoms with Crippen LogP contribution in [-0.2, 0) is 9.53 Å². The maximum absolute atomic E-state index is 12.9. The zero-order chi connectivity index (χ0) is 13.8. The van der Waals surface area contributed by atoms with Crippen LogP contribution in [0.15, 0.2) is 18.2 Å². The smallest absolute Gasteiger partial charge is 0.308 e. The number of esters is 1. The van der Waals surface area contributed by atoms with Gasteiger partial charge in [-0.1, -0.05) is 0 Å². The Hall–Kier alpha value is -1.65. The summed E-state index contributed by atoms with van der Waals surface area (Å²) < 4.78 is 30.6. The normalized spacial score (nSPS) is 11.2. The molecule has 1 rings (SSSR count). The molecule has 0 heterocycles. The summed E-state index contributed by atoms with van der Waals surface area (Å²) in [6.45, 7) is 5.66. The third kappa shape index (κ3) is 5.12. The average Bonchev–Trinajstić information content (AvgIpc) is 2.20. The summed E-state index contributed by atoms with van der Waals surface area (Å²) in [6, 6.07) is 3.49. The molecule has 5 heteroatoms. The predicted octanol–water partition coefficient (Wildman–Crippen LogP) is 3.11. The zero-order valence-electron chi connectivity index (χ0n) is 10.7. The molecular formula is C13H17F2NO2. The number of hydrogen-bond donors (Lipinski definition) is 1. The Bertz CT molecular complexity index is 427. The lowest BCUT2D eigenvalue weighted by atomic mass is 10.2. The monoisotopic (exact) mass is 257 g/mol. The summed E-state index contributed by atoms with van der Waals surface area (Å²) in [6.07, 6.45) is 0.163. The van der Waals surface area contributed by atoms with Crippen LogP contribution in [0.3, 0.4) is 0 Å². The lowest BCUT2D eigenvalue weighted by molar-refractivity contribution is -0.154. The molecule has 18 heavy (non-hydrogen) atoms. The Morgan fingerprint density at radius 1 is 1.28 bits per heavy atom. The van der Waals surface area contributed by atoms with Gasteiger partial charge in [-0.05, 0) is 39.0 Å². The summed E-state index contributed by atoms with van der Waals surface area (Å²) in [5.41, 5.74) is -0.0866. The van der Waals surface area contributed by atoms with Crippen molar-refractivity contribution < 1.29 is 18.3 Å². The van der Waals surface area contributed by atoms with E-state index in [-0.39, 0.29) is 12.4 Å². The standard InChI is InChI=1S/C13H17F2NO2/c1-13(2,3)18-12(17)6-7-16-9-4-5-10(14)11(15)8-9/h4-5,8,16H,6-7H2,1-3H3. The van der Waals surface area contributed by atoms with Crippen molar-refractivity contribution in [1.29, 1.82) is 0 Å². The van der Waals surface area contributed by atoms with E-state index in [9.17, 15) is 13.6 Å². The lowest BCUT2D eigenvalue weighted by Crippen LogP contribution is -2.25. The molecule has 1 aromatic carbocycles. The van der Waals surface area contributed by atoms with Crippen LogP contribution in [0.2, 0.25) is 0 Å². The number of rotatable bonds is 4. The second kappa shape index (κ2) is 5.80. The number of benzene rings is 1. The quantitative estimate of drug-likeness (QED) is 0.842. The van der Waals surface area contributed by atoms with Crippen molar-refractivity contribution in [2.24, 2.45) is 0 Å². The lowest BCUT2D eigenvalue weighted by Gasteiger charge is -2.19. The molecule has 0 aromatic heterocycles. The molecule has 0 spiro atoms. The number of anilines is 1. The second-order valence-corrected chi connectivity index (χ2v) is 4.89. The molecule has 1 aromatic rings. The molecule has 0 amide bonds. The van der Waals surface area contributed by atoms with Crippen LogP contribution in [0.25, 0.3) is 0 Å². The van der Waals surface area contributed by atoms with Gasteiger partial charge in [-0.2, -0.15) is 0 Å². The maximum atomic E-state index is 12.9. The zero-order valence-corrected chi connectivity index (χ0v) is 10.7. The number of halogens is 2. The van der Waals surface area contributed by atoms with Gasteiger partial charge in [0.1, 0.15) is 5.60 Å². The highest BCUT2D eigenvalue weighted by Crippen LogP contribution is 2.13. The van der Waals surface area contributed by atoms with E-state index in [0.29, 0.717) is 12.2 Å². The Morgan fingerprint density at radius 3 is 2.50 bits per heavy atom. The molecule has 0 aliphatic rings. The molecule has 100 valence electrons. The van der Waals surface area contributed by atoms with E-state index < -0.39 is 17.2 Å². The topological polar surface area (TPSA) is 38.3 Å². The molecule has 0 fully saturated rings. The minimum absolute atomic E-state index is 0.163. The van der Waals surface area contributed by atoms with Gasteiger partial charge in [0.25, 0.3) is 0 Å². The number of ether oxygens (including phenoxy) is 1. The first kappa shape index (κ1) is 14.4. The Labute approximate surface area is 105 Å². The van der Waals surface area contributed by atoms with Crippen molar-refractivity contribution in [2.45, 2.75) is 32.8 Å². The fraction of sp³-hybridized carbons (Fsp3) is 0.462. The molecule has 0 saturated heterocycles. The van der Waals surface area contributed by atoms with E-state index >= 15 is 0 Å². The highest BCUT2D eigenvalue weighted by atomic mass is 19.2. The second-order valence-electron chi connectivity index (χ2n) is 4.89. The third-order valence-electron chi connectivity index (χ3n) is 2.00. The van der Waals surface area contributed by atoms with Gasteiger partial charge < -0.3 is 10.1 Å². The highest BCUT2D eigenvalue weighted by Gasteiger charge is 2.15. The molecule has 0 radical (unpaired) electrons. The van der Waals surface area contributed by atoms with E-state index in [1.54, 1.807) is 20.8 Å². The SMILES string of the molecule is CC(C)(C)OC(=O)CCNc1ccc(F)c(F)c1. The Kier molecular flexibility index (Phi) is 4.64. The molecule has 0 atom stereocenters. The van der Waals surface area contributed by atoms with E-state index in [1.165, 1.54) is 6.07 Å². The van der Waals surface area contributed by atoms with E-state index in [2.05, 4.69) is 5.32 Å². The molecule has 0 unspecified atom stereocenters. The van der Waals surface area contributed by atoms with Gasteiger partial charge in [0.05, 0.1) is 6.42 Å². The van der Waals surface area contributed by atoms with Crippen molar-refractivity contribution in [3.63, 3.8) is 0 Å². The van der Waals surface area contributed by atoms with Gasteiger partial charge in [0.2, 0.25) is 0 Å². The van der Waals surface area contributed by atoms with Gasteiger partial charge in [0, 0.05) is 12.2 Å². The first-order valence-electron chi connectivity index (χ1n) is 5.69. The number of nitrogens with one attached hydrogen (secondary N) is 1. The Morgan fingerprint density at radius 2 is 1.94 bits per heavy atom. The van der Waals surface area contributed by atoms with Crippen LogP contribution in [0.1, 0.15) is 27.2 Å². The molecular weight excluding hydrogens is 240 g/mol. The summed E-state index contributed by atoms with van der Waals surface area (Å²) >= 11 is 0. The fourth-order valence-electron chi connectivity index (χ4n) is 1.31. The van der Waals surface area contributed by atoms with E-state index in [4.69, 9.17) is 4.74 Å². The first-order valence-corrected chi connectivity index (χ1v) is 5.69. The summed E-state index contributed by atoms with van der Waals surface area (Å²) in [7, 11) is 0. The average molecular weight is 257 g/mol. The molecule has 3 nitrogen and oxygen atoms in total. The van der Waals surface area contributed by atoms with Gasteiger partial charge in [-0.25, -0.2) is 8.78 Å². The molecule has 0 saturated carbocycles. The number of carbonyl (C=O) groups is 1. The molecule has 1 N–H and O–H groups in total. The van der Waals surface area contributed by atoms with Crippen LogP contribution in [0, 0.1) is 11.6 Å². The van der Waals surface area contributed by atoms with Crippen molar-refractivity contribution in [1.82, 2.24) is 0 Å². The molecule has 0 aliphatic carbocycles. The highest BCUT2D eigenvalue weighted by molar-refractivity contribution is 5.70. The molecule has 0 bridgehead atoms. The van der Waals surface area contributed by atoms with Crippen molar-refractivity contribution in [3.05, 3.63) is 29.8 Å². The summed E-state index contributed by atoms with van der Waals surface area (Å²) in [4.78, 5) is 11.4. The van der Waals surface area contributed by atoms with Crippen LogP contribution >= 0.6 is 0 Å². The third-order valence-corrected chi connectivity index (χ3v) is 2.00. The van der Waals surface area contributed by atoms with Crippen LogP contribution in [0.4, 0.5) is 14.5 Å². The first-order chi connectivity index (χ1) is 8.28. The van der Waals surface area contributed by atoms with Crippen LogP contribution in [-0.4, -0.2) is 18.1 Å². The van der Waals surface area contributed by atoms with Gasteiger partial charge in [0.15, 0.2) is 11.6 Å². The van der Waals surface area contributed by atoms with Gasteiger partial charge in [-0.15, -0.1) is 0 Å². The number of carbonyl (C=O) groups excluding carboxylic acids is 1. The Balaban J connectivity index is 2.38. The van der Waals surface area contributed by atoms with Crippen LogP contribution < -0.4 is 5.32 Å². The van der Waals surface area contributed by atoms with Gasteiger partial charge >= 0.3 is 5.97 Å². The maximum Gasteiger partial charge on any atom is 0.308 e. The van der Waals surface area contributed by atoms with Crippen molar-refractivity contribution in [3.8, 4) is 0 Å². The van der Waals surface area contributed by atoms with Crippen molar-refractivity contribution >= 4 is 11.7 Å². The largest absolute Gasteiger partial charge is 0.460 e. The van der Waals surface area contributed by atoms with Gasteiger partial charge in [-0.3, -0.25) is 4.79 Å². The predicted molar refractivity (Wildman–Crippen MR) is 65.3 cm³/mol. The minimum atomic E-state index is -0.919. The van der Waals surface area contributed by atoms with Crippen molar-refractivity contribution in [2.75, 3.05) is 11.9 Å².